The van der Waals surface area contributed by atoms with Crippen molar-refractivity contribution in [1.82, 2.24) is 10.3 Å². The van der Waals surface area contributed by atoms with Gasteiger partial charge in [-0.3, -0.25) is 4.79 Å². The molecule has 3 N–H and O–H groups in total. The van der Waals surface area contributed by atoms with E-state index in [0.717, 1.165) is 17.0 Å². The molecule has 0 radical (unpaired) electrons. The number of thiazole rings is 1. The third-order valence-electron chi connectivity index (χ3n) is 2.56. The van der Waals surface area contributed by atoms with Crippen LogP contribution in [-0.2, 0) is 13.0 Å². The summed E-state index contributed by atoms with van der Waals surface area (Å²) < 4.78 is 0. The lowest BCUT2D eigenvalue weighted by atomic mass is 10.1. The number of benzene rings is 1. The highest BCUT2D eigenvalue weighted by Crippen LogP contribution is 2.05. The van der Waals surface area contributed by atoms with Gasteiger partial charge < -0.3 is 11.1 Å². The van der Waals surface area contributed by atoms with Gasteiger partial charge in [0.15, 0.2) is 0 Å². The first-order chi connectivity index (χ1) is 8.79. The van der Waals surface area contributed by atoms with E-state index in [9.17, 15) is 4.79 Å². The molecule has 0 aliphatic rings. The Balaban J connectivity index is 1.83. The first-order valence-electron chi connectivity index (χ1n) is 5.75. The van der Waals surface area contributed by atoms with Crippen LogP contribution in [0.4, 0.5) is 0 Å². The number of aromatic nitrogens is 1. The molecule has 2 aromatic rings. The molecule has 94 valence electrons. The Morgan fingerprint density at radius 3 is 2.72 bits per heavy atom. The number of hydrogen-bond acceptors (Lipinski definition) is 4. The standard InChI is InChI=1S/C13H15N3OS/c14-9-10-1-3-11(4-2-10)13(17)16-6-5-12-15-7-8-18-12/h1-4,7-8H,5-6,9,14H2,(H,16,17). The Morgan fingerprint density at radius 1 is 1.33 bits per heavy atom. The largest absolute Gasteiger partial charge is 0.352 e. The predicted octanol–water partition coefficient (Wildman–Crippen LogP) is 1.57. The summed E-state index contributed by atoms with van der Waals surface area (Å²) in [5.41, 5.74) is 7.19. The summed E-state index contributed by atoms with van der Waals surface area (Å²) in [4.78, 5) is 16.0. The minimum absolute atomic E-state index is 0.0601. The van der Waals surface area contributed by atoms with Crippen LogP contribution in [0.25, 0.3) is 0 Å². The van der Waals surface area contributed by atoms with E-state index in [1.165, 1.54) is 0 Å². The summed E-state index contributed by atoms with van der Waals surface area (Å²) in [5.74, 6) is -0.0601. The van der Waals surface area contributed by atoms with Crippen LogP contribution in [0.3, 0.4) is 0 Å². The Labute approximate surface area is 110 Å². The average molecular weight is 261 g/mol. The normalized spacial score (nSPS) is 10.3. The number of nitrogens with one attached hydrogen (secondary N) is 1. The van der Waals surface area contributed by atoms with Crippen LogP contribution in [0.5, 0.6) is 0 Å². The monoisotopic (exact) mass is 261 g/mol. The number of amides is 1. The number of rotatable bonds is 5. The number of carbonyl (C=O) groups excluding carboxylic acids is 1. The summed E-state index contributed by atoms with van der Waals surface area (Å²) in [7, 11) is 0. The maximum absolute atomic E-state index is 11.8. The number of nitrogens with two attached hydrogens (primary N) is 1. The van der Waals surface area contributed by atoms with Gasteiger partial charge >= 0.3 is 0 Å². The molecule has 5 heteroatoms. The quantitative estimate of drug-likeness (QED) is 0.858. The third-order valence-corrected chi connectivity index (χ3v) is 3.40. The van der Waals surface area contributed by atoms with E-state index in [1.54, 1.807) is 29.7 Å². The molecule has 0 unspecified atom stereocenters. The van der Waals surface area contributed by atoms with Gasteiger partial charge in [0.25, 0.3) is 5.91 Å². The number of carbonyl (C=O) groups is 1. The van der Waals surface area contributed by atoms with Gasteiger partial charge in [-0.2, -0.15) is 0 Å². The first-order valence-corrected chi connectivity index (χ1v) is 6.63. The summed E-state index contributed by atoms with van der Waals surface area (Å²) in [6.45, 7) is 1.09. The predicted molar refractivity (Wildman–Crippen MR) is 72.5 cm³/mol. The Kier molecular flexibility index (Phi) is 4.44. The summed E-state index contributed by atoms with van der Waals surface area (Å²) in [6.07, 6.45) is 2.54. The molecule has 1 aromatic carbocycles. The molecule has 1 aromatic heterocycles. The fourth-order valence-corrected chi connectivity index (χ4v) is 2.17. The van der Waals surface area contributed by atoms with E-state index in [-0.39, 0.29) is 5.91 Å². The molecule has 0 spiro atoms. The Morgan fingerprint density at radius 2 is 2.11 bits per heavy atom. The van der Waals surface area contributed by atoms with Crippen LogP contribution in [0.15, 0.2) is 35.8 Å². The second-order valence-corrected chi connectivity index (χ2v) is 4.81. The van der Waals surface area contributed by atoms with Gasteiger partial charge in [0, 0.05) is 36.7 Å². The van der Waals surface area contributed by atoms with Gasteiger partial charge in [-0.05, 0) is 17.7 Å². The second-order valence-electron chi connectivity index (χ2n) is 3.83. The van der Waals surface area contributed by atoms with Crippen molar-refractivity contribution in [1.29, 1.82) is 0 Å². The molecule has 0 saturated heterocycles. The zero-order valence-electron chi connectivity index (χ0n) is 9.93. The zero-order valence-corrected chi connectivity index (χ0v) is 10.7. The lowest BCUT2D eigenvalue weighted by Crippen LogP contribution is -2.25. The summed E-state index contributed by atoms with van der Waals surface area (Å²) >= 11 is 1.60. The maximum atomic E-state index is 11.8. The van der Waals surface area contributed by atoms with Crippen molar-refractivity contribution in [2.24, 2.45) is 5.73 Å². The van der Waals surface area contributed by atoms with Gasteiger partial charge in [-0.25, -0.2) is 4.98 Å². The zero-order chi connectivity index (χ0) is 12.8. The molecule has 0 aliphatic heterocycles. The van der Waals surface area contributed by atoms with Gasteiger partial charge in [0.1, 0.15) is 0 Å². The van der Waals surface area contributed by atoms with Crippen molar-refractivity contribution in [2.75, 3.05) is 6.54 Å². The lowest BCUT2D eigenvalue weighted by molar-refractivity contribution is 0.0954. The van der Waals surface area contributed by atoms with Crippen molar-refractivity contribution in [3.05, 3.63) is 52.0 Å². The highest BCUT2D eigenvalue weighted by Gasteiger charge is 2.04. The molecule has 2 rings (SSSR count). The summed E-state index contributed by atoms with van der Waals surface area (Å²) in [6, 6.07) is 7.33. The molecule has 0 saturated carbocycles. The van der Waals surface area contributed by atoms with Crippen LogP contribution in [0, 0.1) is 0 Å². The van der Waals surface area contributed by atoms with Gasteiger partial charge in [0.05, 0.1) is 5.01 Å². The molecule has 0 bridgehead atoms. The number of nitrogens with zero attached hydrogens (tertiary/aromatic N) is 1. The van der Waals surface area contributed by atoms with E-state index in [4.69, 9.17) is 5.73 Å². The SMILES string of the molecule is NCc1ccc(C(=O)NCCc2nccs2)cc1. The van der Waals surface area contributed by atoms with E-state index in [1.807, 2.05) is 17.5 Å². The van der Waals surface area contributed by atoms with Crippen molar-refractivity contribution in [2.45, 2.75) is 13.0 Å². The Bertz CT molecular complexity index is 493. The molecule has 1 amide bonds. The fraction of sp³-hybridized carbons (Fsp3) is 0.231. The molecular formula is C13H15N3OS. The number of hydrogen-bond donors (Lipinski definition) is 2. The van der Waals surface area contributed by atoms with Crippen LogP contribution in [0.1, 0.15) is 20.9 Å². The van der Waals surface area contributed by atoms with E-state index >= 15 is 0 Å². The molecule has 0 atom stereocenters. The van der Waals surface area contributed by atoms with E-state index in [0.29, 0.717) is 18.7 Å². The van der Waals surface area contributed by atoms with Crippen LogP contribution in [-0.4, -0.2) is 17.4 Å². The van der Waals surface area contributed by atoms with Crippen molar-refractivity contribution < 1.29 is 4.79 Å². The van der Waals surface area contributed by atoms with Crippen LogP contribution < -0.4 is 11.1 Å². The van der Waals surface area contributed by atoms with Crippen LogP contribution >= 0.6 is 11.3 Å². The molecule has 0 fully saturated rings. The van der Waals surface area contributed by atoms with Crippen molar-refractivity contribution >= 4 is 17.2 Å². The molecule has 4 nitrogen and oxygen atoms in total. The smallest absolute Gasteiger partial charge is 0.251 e. The average Bonchev–Trinajstić information content (AvgIpc) is 2.92. The van der Waals surface area contributed by atoms with E-state index < -0.39 is 0 Å². The van der Waals surface area contributed by atoms with Gasteiger partial charge in [-0.1, -0.05) is 12.1 Å². The van der Waals surface area contributed by atoms with E-state index in [2.05, 4.69) is 10.3 Å². The molecule has 18 heavy (non-hydrogen) atoms. The van der Waals surface area contributed by atoms with Crippen molar-refractivity contribution in [3.63, 3.8) is 0 Å². The van der Waals surface area contributed by atoms with Gasteiger partial charge in [0.2, 0.25) is 0 Å². The van der Waals surface area contributed by atoms with Gasteiger partial charge in [-0.15, -0.1) is 11.3 Å². The highest BCUT2D eigenvalue weighted by atomic mass is 32.1. The third kappa shape index (κ3) is 3.38. The molecular weight excluding hydrogens is 246 g/mol. The minimum Gasteiger partial charge on any atom is -0.352 e. The molecule has 1 heterocycles. The Hall–Kier alpha value is -1.72. The topological polar surface area (TPSA) is 68.0 Å². The minimum atomic E-state index is -0.0601. The van der Waals surface area contributed by atoms with Crippen molar-refractivity contribution in [3.8, 4) is 0 Å². The fourth-order valence-electron chi connectivity index (χ4n) is 1.55. The lowest BCUT2D eigenvalue weighted by Gasteiger charge is -2.04. The first kappa shape index (κ1) is 12.7. The second kappa shape index (κ2) is 6.28. The summed E-state index contributed by atoms with van der Waals surface area (Å²) in [5, 5.41) is 5.84. The maximum Gasteiger partial charge on any atom is 0.251 e. The highest BCUT2D eigenvalue weighted by molar-refractivity contribution is 7.09. The molecule has 0 aliphatic carbocycles. The van der Waals surface area contributed by atoms with Crippen LogP contribution in [0.2, 0.25) is 0 Å².